The number of benzene rings is 1. The number of nitrogens with zero attached hydrogens (tertiary/aromatic N) is 1. The second kappa shape index (κ2) is 2.80. The Bertz CT molecular complexity index is 543. The summed E-state index contributed by atoms with van der Waals surface area (Å²) in [4.78, 5) is 34.8. The van der Waals surface area contributed by atoms with Crippen LogP contribution in [0.2, 0.25) is 0 Å². The summed E-state index contributed by atoms with van der Waals surface area (Å²) in [6, 6.07) is 5.39. The first-order valence-electron chi connectivity index (χ1n) is 5.35. The van der Waals surface area contributed by atoms with E-state index >= 15 is 0 Å². The smallest absolute Gasteiger partial charge is 0.238 e. The second-order valence-electron chi connectivity index (χ2n) is 4.59. The Morgan fingerprint density at radius 2 is 1.65 bits per heavy atom. The molecule has 17 heavy (non-hydrogen) atoms. The van der Waals surface area contributed by atoms with Gasteiger partial charge >= 0.3 is 0 Å². The molecule has 0 N–H and O–H groups in total. The van der Waals surface area contributed by atoms with Crippen molar-refractivity contribution in [1.29, 1.82) is 0 Å². The summed E-state index contributed by atoms with van der Waals surface area (Å²) < 4.78 is 0. The van der Waals surface area contributed by atoms with Gasteiger partial charge in [0.05, 0.1) is 5.92 Å². The van der Waals surface area contributed by atoms with Gasteiger partial charge in [0.15, 0.2) is 17.0 Å². The third kappa shape index (κ3) is 0.906. The molecule has 5 heteroatoms. The van der Waals surface area contributed by atoms with Gasteiger partial charge in [0.2, 0.25) is 6.04 Å². The molecular weight excluding hydrogens is 222 g/mol. The monoisotopic (exact) mass is 231 g/mol. The van der Waals surface area contributed by atoms with Gasteiger partial charge in [-0.15, -0.1) is 0 Å². The maximum atomic E-state index is 12.2. The minimum Gasteiger partial charge on any atom is -0.293 e. The fourth-order valence-corrected chi connectivity index (χ4v) is 3.00. The lowest BCUT2D eigenvalue weighted by molar-refractivity contribution is -0.501. The first kappa shape index (κ1) is 10.1. The van der Waals surface area contributed by atoms with Crippen LogP contribution in [0, 0.1) is 21.4 Å². The van der Waals surface area contributed by atoms with E-state index in [9.17, 15) is 19.7 Å². The van der Waals surface area contributed by atoms with Gasteiger partial charge in [0.1, 0.15) is 0 Å². The Hall–Kier alpha value is -2.04. The molecule has 0 saturated heterocycles. The van der Waals surface area contributed by atoms with Crippen molar-refractivity contribution in [3.05, 3.63) is 45.5 Å². The van der Waals surface area contributed by atoms with E-state index in [1.54, 1.807) is 31.2 Å². The average Bonchev–Trinajstić information content (AvgIpc) is 2.88. The van der Waals surface area contributed by atoms with Crippen molar-refractivity contribution in [2.45, 2.75) is 13.0 Å². The number of Topliss-reactive ketones (excluding diaryl/α,β-unsaturated/α-hetero) is 2. The molecule has 1 fully saturated rings. The zero-order valence-corrected chi connectivity index (χ0v) is 9.04. The van der Waals surface area contributed by atoms with Crippen LogP contribution in [0.4, 0.5) is 0 Å². The van der Waals surface area contributed by atoms with Crippen molar-refractivity contribution in [2.24, 2.45) is 11.3 Å². The average molecular weight is 231 g/mol. The van der Waals surface area contributed by atoms with Gasteiger partial charge in [-0.05, 0) is 0 Å². The van der Waals surface area contributed by atoms with E-state index in [2.05, 4.69) is 0 Å². The van der Waals surface area contributed by atoms with E-state index in [1.807, 2.05) is 0 Å². The highest BCUT2D eigenvalue weighted by Crippen LogP contribution is 2.61. The van der Waals surface area contributed by atoms with E-state index in [-0.39, 0.29) is 11.6 Å². The van der Waals surface area contributed by atoms with Crippen LogP contribution in [0.1, 0.15) is 27.6 Å². The molecule has 2 atom stereocenters. The summed E-state index contributed by atoms with van der Waals surface area (Å²) in [6.45, 7) is 1.59. The Labute approximate surface area is 96.6 Å². The van der Waals surface area contributed by atoms with Gasteiger partial charge < -0.3 is 0 Å². The summed E-state index contributed by atoms with van der Waals surface area (Å²) >= 11 is 0. The summed E-state index contributed by atoms with van der Waals surface area (Å²) in [5, 5.41) is 10.9. The predicted molar refractivity (Wildman–Crippen MR) is 57.5 cm³/mol. The Morgan fingerprint density at radius 3 is 2.00 bits per heavy atom. The zero-order valence-electron chi connectivity index (χ0n) is 9.04. The molecule has 1 saturated carbocycles. The number of carbonyl (C=O) groups excluding carboxylic acids is 2. The molecule has 0 unspecified atom stereocenters. The minimum absolute atomic E-state index is 0.328. The third-order valence-corrected chi connectivity index (χ3v) is 3.94. The van der Waals surface area contributed by atoms with Crippen LogP contribution in [0.15, 0.2) is 24.3 Å². The van der Waals surface area contributed by atoms with E-state index < -0.39 is 22.3 Å². The molecule has 0 heterocycles. The van der Waals surface area contributed by atoms with Gasteiger partial charge in [0, 0.05) is 16.1 Å². The van der Waals surface area contributed by atoms with Crippen LogP contribution in [0.25, 0.3) is 0 Å². The van der Waals surface area contributed by atoms with Crippen LogP contribution in [-0.4, -0.2) is 22.5 Å². The van der Waals surface area contributed by atoms with Crippen LogP contribution >= 0.6 is 0 Å². The largest absolute Gasteiger partial charge is 0.293 e. The van der Waals surface area contributed by atoms with E-state index in [0.29, 0.717) is 11.1 Å². The molecule has 86 valence electrons. The fourth-order valence-electron chi connectivity index (χ4n) is 3.00. The van der Waals surface area contributed by atoms with Gasteiger partial charge in [0.25, 0.3) is 0 Å². The standard InChI is InChI=1S/C12H9NO4/c1-6-9(13(16)17)12(6)10(14)7-4-2-3-5-8(7)11(12)15/h2-6,9H,1H3/t6-,9-/m0/s1. The maximum Gasteiger partial charge on any atom is 0.238 e. The van der Waals surface area contributed by atoms with Crippen LogP contribution < -0.4 is 0 Å². The van der Waals surface area contributed by atoms with Gasteiger partial charge in [-0.1, -0.05) is 31.2 Å². The van der Waals surface area contributed by atoms with E-state index in [4.69, 9.17) is 0 Å². The lowest BCUT2D eigenvalue weighted by Gasteiger charge is -2.00. The van der Waals surface area contributed by atoms with Crippen molar-refractivity contribution in [3.8, 4) is 0 Å². The van der Waals surface area contributed by atoms with Crippen molar-refractivity contribution < 1.29 is 14.5 Å². The van der Waals surface area contributed by atoms with Gasteiger partial charge in [-0.25, -0.2) is 0 Å². The molecule has 3 rings (SSSR count). The van der Waals surface area contributed by atoms with Crippen molar-refractivity contribution >= 4 is 11.6 Å². The topological polar surface area (TPSA) is 77.3 Å². The number of rotatable bonds is 1. The molecule has 5 nitrogen and oxygen atoms in total. The summed E-state index contributed by atoms with van der Waals surface area (Å²) in [6.07, 6.45) is 0. The lowest BCUT2D eigenvalue weighted by Crippen LogP contribution is -2.25. The maximum absolute atomic E-state index is 12.2. The third-order valence-electron chi connectivity index (χ3n) is 3.94. The number of hydrogen-bond acceptors (Lipinski definition) is 4. The van der Waals surface area contributed by atoms with Gasteiger partial charge in [-0.3, -0.25) is 19.7 Å². The Balaban J connectivity index is 2.18. The molecular formula is C12H9NO4. The fraction of sp³-hybridized carbons (Fsp3) is 0.333. The predicted octanol–water partition coefficient (Wildman–Crippen LogP) is 1.35. The number of nitro groups is 1. The quantitative estimate of drug-likeness (QED) is 0.415. The molecule has 0 aromatic heterocycles. The molecule has 0 bridgehead atoms. The number of ketones is 2. The highest BCUT2D eigenvalue weighted by atomic mass is 16.6. The molecule has 1 spiro atoms. The zero-order chi connectivity index (χ0) is 12.4. The first-order chi connectivity index (χ1) is 8.02. The SMILES string of the molecule is C[C@H]1[C@H]([N+](=O)[O-])C12C(=O)c1ccccc1C2=O. The molecule has 2 aliphatic rings. The minimum atomic E-state index is -1.41. The Kier molecular flexibility index (Phi) is 1.67. The molecule has 2 aliphatic carbocycles. The lowest BCUT2D eigenvalue weighted by atomic mass is 9.97. The van der Waals surface area contributed by atoms with Crippen LogP contribution in [-0.2, 0) is 0 Å². The van der Waals surface area contributed by atoms with Crippen LogP contribution in [0.5, 0.6) is 0 Å². The highest BCUT2D eigenvalue weighted by Gasteiger charge is 2.82. The molecule has 1 aromatic rings. The second-order valence-corrected chi connectivity index (χ2v) is 4.59. The number of fused-ring (bicyclic) bond motifs is 1. The Morgan fingerprint density at radius 1 is 1.18 bits per heavy atom. The molecule has 0 amide bonds. The van der Waals surface area contributed by atoms with Gasteiger partial charge in [-0.2, -0.15) is 0 Å². The summed E-state index contributed by atoms with van der Waals surface area (Å²) in [5.74, 6) is -1.27. The van der Waals surface area contributed by atoms with Crippen LogP contribution in [0.3, 0.4) is 0 Å². The summed E-state index contributed by atoms with van der Waals surface area (Å²) in [5.41, 5.74) is -0.755. The first-order valence-corrected chi connectivity index (χ1v) is 5.35. The number of hydrogen-bond donors (Lipinski definition) is 0. The molecule has 1 aromatic carbocycles. The molecule has 0 aliphatic heterocycles. The normalized spacial score (nSPS) is 28.3. The van der Waals surface area contributed by atoms with Crippen molar-refractivity contribution in [1.82, 2.24) is 0 Å². The number of carbonyl (C=O) groups is 2. The van der Waals surface area contributed by atoms with Crippen molar-refractivity contribution in [3.63, 3.8) is 0 Å². The van der Waals surface area contributed by atoms with E-state index in [1.165, 1.54) is 0 Å². The van der Waals surface area contributed by atoms with Crippen molar-refractivity contribution in [2.75, 3.05) is 0 Å². The summed E-state index contributed by atoms with van der Waals surface area (Å²) in [7, 11) is 0. The highest BCUT2D eigenvalue weighted by molar-refractivity contribution is 6.32. The molecule has 0 radical (unpaired) electrons. The van der Waals surface area contributed by atoms with E-state index in [0.717, 1.165) is 0 Å².